The fourth-order valence-corrected chi connectivity index (χ4v) is 3.39. The Labute approximate surface area is 154 Å². The van der Waals surface area contributed by atoms with Crippen molar-refractivity contribution in [3.05, 3.63) is 76.6 Å². The third-order valence-corrected chi connectivity index (χ3v) is 4.66. The maximum atomic E-state index is 13.7. The molecule has 2 heterocycles. The number of hydrogen-bond donors (Lipinski definition) is 1. The summed E-state index contributed by atoms with van der Waals surface area (Å²) in [4.78, 5) is 12.4. The van der Waals surface area contributed by atoms with E-state index < -0.39 is 17.2 Å². The summed E-state index contributed by atoms with van der Waals surface area (Å²) in [6, 6.07) is 10.1. The van der Waals surface area contributed by atoms with Crippen molar-refractivity contribution in [2.24, 2.45) is 0 Å². The van der Waals surface area contributed by atoms with E-state index in [1.54, 1.807) is 12.1 Å². The van der Waals surface area contributed by atoms with E-state index >= 15 is 0 Å². The number of rotatable bonds is 1. The van der Waals surface area contributed by atoms with Crippen LogP contribution < -0.4 is 5.32 Å². The van der Waals surface area contributed by atoms with E-state index in [1.165, 1.54) is 30.3 Å². The highest BCUT2D eigenvalue weighted by Gasteiger charge is 2.38. The highest BCUT2D eigenvalue weighted by atomic mass is 19.1. The first-order chi connectivity index (χ1) is 12.8. The first kappa shape index (κ1) is 17.0. The van der Waals surface area contributed by atoms with Gasteiger partial charge in [-0.05, 0) is 55.8 Å². The van der Waals surface area contributed by atoms with Gasteiger partial charge in [0.2, 0.25) is 0 Å². The van der Waals surface area contributed by atoms with Crippen molar-refractivity contribution in [2.45, 2.75) is 19.4 Å². The molecule has 0 fully saturated rings. The van der Waals surface area contributed by atoms with Crippen molar-refractivity contribution in [3.63, 3.8) is 0 Å². The smallest absolute Gasteiger partial charge is 0.260 e. The average molecular weight is 364 g/mol. The van der Waals surface area contributed by atoms with Crippen LogP contribution in [0.4, 0.5) is 14.5 Å². The molecule has 0 unspecified atom stereocenters. The maximum Gasteiger partial charge on any atom is 0.260 e. The minimum Gasteiger partial charge on any atom is -0.482 e. The number of nitrogens with one attached hydrogen (secondary N) is 1. The van der Waals surface area contributed by atoms with Gasteiger partial charge in [-0.3, -0.25) is 4.79 Å². The molecule has 0 saturated heterocycles. The highest BCUT2D eigenvalue weighted by Crippen LogP contribution is 2.44. The lowest BCUT2D eigenvalue weighted by Gasteiger charge is -2.23. The summed E-state index contributed by atoms with van der Waals surface area (Å²) in [6.45, 7) is 3.64. The molecule has 4 nitrogen and oxygen atoms in total. The molecule has 0 spiro atoms. The molecule has 0 saturated carbocycles. The number of nitrogens with zero attached hydrogens (tertiary/aromatic N) is 1. The van der Waals surface area contributed by atoms with E-state index in [-0.39, 0.29) is 11.5 Å². The van der Waals surface area contributed by atoms with E-state index in [4.69, 9.17) is 10.00 Å². The molecular formula is C21H14F2N2O2. The second-order valence-electron chi connectivity index (χ2n) is 6.86. The van der Waals surface area contributed by atoms with Crippen LogP contribution in [0, 0.1) is 23.0 Å². The molecular weight excluding hydrogens is 350 g/mol. The fraction of sp³-hybridized carbons (Fsp3) is 0.143. The Kier molecular flexibility index (Phi) is 3.63. The van der Waals surface area contributed by atoms with Gasteiger partial charge in [-0.25, -0.2) is 8.78 Å². The van der Waals surface area contributed by atoms with E-state index in [0.717, 1.165) is 0 Å². The topological polar surface area (TPSA) is 62.1 Å². The number of nitriles is 1. The number of carbonyl (C=O) groups excluding carboxylic acids is 1. The molecule has 0 aromatic heterocycles. The van der Waals surface area contributed by atoms with Crippen LogP contribution >= 0.6 is 0 Å². The number of anilines is 1. The molecule has 1 N–H and O–H groups in total. The number of fused-ring (bicyclic) bond motifs is 1. The third kappa shape index (κ3) is 2.68. The second kappa shape index (κ2) is 5.78. The van der Waals surface area contributed by atoms with Gasteiger partial charge in [0, 0.05) is 11.1 Å². The predicted octanol–water partition coefficient (Wildman–Crippen LogP) is 4.39. The van der Waals surface area contributed by atoms with Gasteiger partial charge in [0.15, 0.2) is 0 Å². The van der Waals surface area contributed by atoms with E-state index in [0.29, 0.717) is 33.7 Å². The number of amides is 1. The summed E-state index contributed by atoms with van der Waals surface area (Å²) in [5.74, 6) is -1.07. The monoisotopic (exact) mass is 364 g/mol. The summed E-state index contributed by atoms with van der Waals surface area (Å²) in [7, 11) is 0. The zero-order valence-electron chi connectivity index (χ0n) is 14.6. The molecule has 27 heavy (non-hydrogen) atoms. The average Bonchev–Trinajstić information content (AvgIpc) is 3.09. The van der Waals surface area contributed by atoms with Crippen molar-refractivity contribution in [1.82, 2.24) is 0 Å². The molecule has 6 heteroatoms. The van der Waals surface area contributed by atoms with Crippen LogP contribution in [0.2, 0.25) is 0 Å². The summed E-state index contributed by atoms with van der Waals surface area (Å²) in [6.07, 6.45) is 1.71. The van der Waals surface area contributed by atoms with Crippen LogP contribution in [0.1, 0.15) is 30.5 Å². The Hall–Kier alpha value is -3.46. The molecule has 0 bridgehead atoms. The van der Waals surface area contributed by atoms with Gasteiger partial charge >= 0.3 is 0 Å². The Morgan fingerprint density at radius 2 is 1.93 bits per heavy atom. The fourth-order valence-electron chi connectivity index (χ4n) is 3.39. The summed E-state index contributed by atoms with van der Waals surface area (Å²) in [5, 5.41) is 11.7. The molecule has 0 radical (unpaired) electrons. The summed E-state index contributed by atoms with van der Waals surface area (Å²) >= 11 is 0. The quantitative estimate of drug-likeness (QED) is 0.764. The number of hydrogen-bond acceptors (Lipinski definition) is 3. The lowest BCUT2D eigenvalue weighted by atomic mass is 9.91. The van der Waals surface area contributed by atoms with Crippen LogP contribution in [0.25, 0.3) is 11.1 Å². The number of ether oxygens (including phenoxy) is 1. The molecule has 2 aliphatic rings. The summed E-state index contributed by atoms with van der Waals surface area (Å²) in [5.41, 5.74) is 1.74. The standard InChI is InChI=1S/C21H14F2N2O2/c1-21(2)15(11-3-6-16(23)12(7-11)10-24)9-18(27-21)19-14-5-4-13(22)8-17(14)25-20(19)26/h3-9H,1-2H3,(H,25,26). The lowest BCUT2D eigenvalue weighted by molar-refractivity contribution is -0.111. The van der Waals surface area contributed by atoms with Crippen LogP contribution in [-0.4, -0.2) is 11.5 Å². The minimum atomic E-state index is -0.796. The molecule has 2 aliphatic heterocycles. The minimum absolute atomic E-state index is 0.0651. The van der Waals surface area contributed by atoms with Crippen molar-refractivity contribution < 1.29 is 18.3 Å². The zero-order valence-corrected chi connectivity index (χ0v) is 14.6. The second-order valence-corrected chi connectivity index (χ2v) is 6.86. The molecule has 0 aliphatic carbocycles. The van der Waals surface area contributed by atoms with Crippen molar-refractivity contribution in [3.8, 4) is 6.07 Å². The molecule has 2 aromatic carbocycles. The Balaban J connectivity index is 1.87. The molecule has 1 amide bonds. The first-order valence-corrected chi connectivity index (χ1v) is 8.27. The largest absolute Gasteiger partial charge is 0.482 e. The van der Waals surface area contributed by atoms with Crippen LogP contribution in [0.3, 0.4) is 0 Å². The van der Waals surface area contributed by atoms with Gasteiger partial charge in [-0.15, -0.1) is 0 Å². The molecule has 2 aromatic rings. The van der Waals surface area contributed by atoms with E-state index in [2.05, 4.69) is 5.32 Å². The SMILES string of the molecule is CC1(C)OC(=C2C(=O)Nc3cc(F)ccc32)C=C1c1ccc(F)c(C#N)c1. The van der Waals surface area contributed by atoms with Crippen molar-refractivity contribution >= 4 is 22.7 Å². The van der Waals surface area contributed by atoms with Gasteiger partial charge in [-0.2, -0.15) is 5.26 Å². The summed E-state index contributed by atoms with van der Waals surface area (Å²) < 4.78 is 33.1. The van der Waals surface area contributed by atoms with Crippen molar-refractivity contribution in [1.29, 1.82) is 5.26 Å². The Morgan fingerprint density at radius 3 is 2.67 bits per heavy atom. The number of allylic oxidation sites excluding steroid dienone is 1. The molecule has 4 rings (SSSR count). The van der Waals surface area contributed by atoms with Crippen LogP contribution in [0.5, 0.6) is 0 Å². The van der Waals surface area contributed by atoms with Crippen LogP contribution in [0.15, 0.2) is 48.2 Å². The third-order valence-electron chi connectivity index (χ3n) is 4.66. The predicted molar refractivity (Wildman–Crippen MR) is 96.2 cm³/mol. The van der Waals surface area contributed by atoms with Gasteiger partial charge in [0.05, 0.1) is 16.8 Å². The number of halogens is 2. The van der Waals surface area contributed by atoms with Gasteiger partial charge in [0.1, 0.15) is 29.1 Å². The zero-order chi connectivity index (χ0) is 19.3. The molecule has 0 atom stereocenters. The highest BCUT2D eigenvalue weighted by molar-refractivity contribution is 6.32. The van der Waals surface area contributed by atoms with Gasteiger partial charge in [0.25, 0.3) is 5.91 Å². The number of carbonyl (C=O) groups is 1. The van der Waals surface area contributed by atoms with Gasteiger partial charge < -0.3 is 10.1 Å². The normalized spacial score (nSPS) is 19.8. The van der Waals surface area contributed by atoms with E-state index in [9.17, 15) is 13.6 Å². The maximum absolute atomic E-state index is 13.7. The van der Waals surface area contributed by atoms with Gasteiger partial charge in [-0.1, -0.05) is 6.07 Å². The van der Waals surface area contributed by atoms with E-state index in [1.807, 2.05) is 19.9 Å². The number of benzene rings is 2. The Morgan fingerprint density at radius 1 is 1.15 bits per heavy atom. The Bertz CT molecular complexity index is 1110. The first-order valence-electron chi connectivity index (χ1n) is 8.27. The molecule has 134 valence electrons. The van der Waals surface area contributed by atoms with Crippen LogP contribution in [-0.2, 0) is 9.53 Å². The lowest BCUT2D eigenvalue weighted by Crippen LogP contribution is -2.21. The van der Waals surface area contributed by atoms with Crippen molar-refractivity contribution in [2.75, 3.05) is 5.32 Å².